The van der Waals surface area contributed by atoms with Crippen LogP contribution in [0.5, 0.6) is 0 Å². The SMILES string of the molecule is O=C(NCc1sccc1C#CCCO)c1ccc(=O)[nH]c1. The first-order chi connectivity index (χ1) is 10.2. The lowest BCUT2D eigenvalue weighted by Crippen LogP contribution is -2.23. The summed E-state index contributed by atoms with van der Waals surface area (Å²) in [5.41, 5.74) is 1.01. The maximum absolute atomic E-state index is 11.9. The molecule has 0 spiro atoms. The number of hydrogen-bond donors (Lipinski definition) is 3. The van der Waals surface area contributed by atoms with Crippen LogP contribution in [0.25, 0.3) is 0 Å². The van der Waals surface area contributed by atoms with Crippen LogP contribution in [-0.2, 0) is 6.54 Å². The molecular formula is C15H14N2O3S. The van der Waals surface area contributed by atoms with Crippen molar-refractivity contribution in [3.8, 4) is 11.8 Å². The third kappa shape index (κ3) is 4.31. The molecule has 6 heteroatoms. The molecule has 0 fully saturated rings. The second-order valence-corrected chi connectivity index (χ2v) is 5.16. The van der Waals surface area contributed by atoms with E-state index in [1.807, 2.05) is 11.4 Å². The molecule has 2 heterocycles. The molecule has 0 aromatic carbocycles. The standard InChI is InChI=1S/C15H14N2O3S/c18-7-2-1-3-11-6-8-21-13(11)10-17-15(20)12-4-5-14(19)16-9-12/h4-6,8-9,18H,2,7,10H2,(H,16,19)(H,17,20). The minimum absolute atomic E-state index is 0.0371. The molecule has 21 heavy (non-hydrogen) atoms. The van der Waals surface area contributed by atoms with Crippen LogP contribution in [0.4, 0.5) is 0 Å². The van der Waals surface area contributed by atoms with Crippen LogP contribution in [0.2, 0.25) is 0 Å². The zero-order valence-electron chi connectivity index (χ0n) is 11.2. The number of aromatic amines is 1. The Bertz CT molecular complexity index is 717. The van der Waals surface area contributed by atoms with Crippen molar-refractivity contribution in [2.75, 3.05) is 6.61 Å². The molecule has 0 aliphatic heterocycles. The van der Waals surface area contributed by atoms with Gasteiger partial charge in [-0.1, -0.05) is 11.8 Å². The van der Waals surface area contributed by atoms with E-state index < -0.39 is 0 Å². The largest absolute Gasteiger partial charge is 0.395 e. The predicted octanol–water partition coefficient (Wildman–Crippen LogP) is 1.10. The molecule has 2 aromatic heterocycles. The molecule has 0 aliphatic rings. The monoisotopic (exact) mass is 302 g/mol. The number of aliphatic hydroxyl groups excluding tert-OH is 1. The lowest BCUT2D eigenvalue weighted by Gasteiger charge is -2.04. The molecule has 0 saturated carbocycles. The lowest BCUT2D eigenvalue weighted by molar-refractivity contribution is 0.0951. The first-order valence-electron chi connectivity index (χ1n) is 6.34. The fraction of sp³-hybridized carbons (Fsp3) is 0.200. The van der Waals surface area contributed by atoms with Crippen molar-refractivity contribution in [3.05, 3.63) is 56.1 Å². The molecular weight excluding hydrogens is 288 g/mol. The molecule has 0 unspecified atom stereocenters. The summed E-state index contributed by atoms with van der Waals surface area (Å²) in [6, 6.07) is 4.67. The van der Waals surface area contributed by atoms with Gasteiger partial charge in [-0.25, -0.2) is 0 Å². The second kappa shape index (κ2) is 7.43. The van der Waals surface area contributed by atoms with E-state index in [2.05, 4.69) is 22.1 Å². The Kier molecular flexibility index (Phi) is 5.32. The molecule has 0 atom stereocenters. The normalized spacial score (nSPS) is 9.76. The Hall–Kier alpha value is -2.36. The maximum Gasteiger partial charge on any atom is 0.253 e. The number of hydrogen-bond acceptors (Lipinski definition) is 4. The highest BCUT2D eigenvalue weighted by Gasteiger charge is 2.07. The van der Waals surface area contributed by atoms with Gasteiger partial charge in [-0.3, -0.25) is 9.59 Å². The topological polar surface area (TPSA) is 82.2 Å². The highest BCUT2D eigenvalue weighted by molar-refractivity contribution is 7.10. The fourth-order valence-corrected chi connectivity index (χ4v) is 2.39. The summed E-state index contributed by atoms with van der Waals surface area (Å²) in [6.45, 7) is 0.411. The Morgan fingerprint density at radius 3 is 2.95 bits per heavy atom. The first-order valence-corrected chi connectivity index (χ1v) is 7.21. The molecule has 2 rings (SSSR count). The van der Waals surface area contributed by atoms with Crippen LogP contribution in [0.15, 0.2) is 34.6 Å². The zero-order valence-corrected chi connectivity index (χ0v) is 12.0. The quantitative estimate of drug-likeness (QED) is 0.740. The molecule has 108 valence electrons. The zero-order chi connectivity index (χ0) is 15.1. The summed E-state index contributed by atoms with van der Waals surface area (Å²) in [6.07, 6.45) is 1.81. The number of carbonyl (C=O) groups is 1. The van der Waals surface area contributed by atoms with E-state index in [1.165, 1.54) is 29.7 Å². The molecule has 5 nitrogen and oxygen atoms in total. The van der Waals surface area contributed by atoms with Crippen molar-refractivity contribution in [1.82, 2.24) is 10.3 Å². The van der Waals surface area contributed by atoms with E-state index in [1.54, 1.807) is 0 Å². The number of amides is 1. The number of aromatic nitrogens is 1. The van der Waals surface area contributed by atoms with E-state index in [9.17, 15) is 9.59 Å². The van der Waals surface area contributed by atoms with Gasteiger partial charge < -0.3 is 15.4 Å². The van der Waals surface area contributed by atoms with E-state index in [0.717, 1.165) is 10.4 Å². The van der Waals surface area contributed by atoms with Gasteiger partial charge in [0.15, 0.2) is 0 Å². The molecule has 0 radical (unpaired) electrons. The summed E-state index contributed by atoms with van der Waals surface area (Å²) in [7, 11) is 0. The first kappa shape index (κ1) is 15.0. The molecule has 1 amide bonds. The Morgan fingerprint density at radius 1 is 1.38 bits per heavy atom. The molecule has 0 saturated heterocycles. The predicted molar refractivity (Wildman–Crippen MR) is 81.1 cm³/mol. The van der Waals surface area contributed by atoms with Gasteiger partial charge in [0.05, 0.1) is 18.7 Å². The van der Waals surface area contributed by atoms with Gasteiger partial charge in [-0.05, 0) is 17.5 Å². The van der Waals surface area contributed by atoms with Gasteiger partial charge in [-0.2, -0.15) is 0 Å². The Balaban J connectivity index is 1.99. The van der Waals surface area contributed by atoms with Crippen molar-refractivity contribution in [2.24, 2.45) is 0 Å². The number of rotatable bonds is 4. The average Bonchev–Trinajstić information content (AvgIpc) is 2.93. The van der Waals surface area contributed by atoms with Crippen molar-refractivity contribution in [2.45, 2.75) is 13.0 Å². The van der Waals surface area contributed by atoms with Gasteiger partial charge in [-0.15, -0.1) is 11.3 Å². The molecule has 2 aromatic rings. The van der Waals surface area contributed by atoms with Crippen molar-refractivity contribution < 1.29 is 9.90 Å². The number of H-pyrrole nitrogens is 1. The van der Waals surface area contributed by atoms with E-state index >= 15 is 0 Å². The number of thiophene rings is 1. The third-order valence-electron chi connectivity index (χ3n) is 2.66. The minimum Gasteiger partial charge on any atom is -0.395 e. The van der Waals surface area contributed by atoms with Gasteiger partial charge >= 0.3 is 0 Å². The van der Waals surface area contributed by atoms with Crippen LogP contribution in [0.3, 0.4) is 0 Å². The van der Waals surface area contributed by atoms with Crippen molar-refractivity contribution in [3.63, 3.8) is 0 Å². The Labute approximate surface area is 125 Å². The molecule has 3 N–H and O–H groups in total. The van der Waals surface area contributed by atoms with Gasteiger partial charge in [0.1, 0.15) is 0 Å². The summed E-state index contributed by atoms with van der Waals surface area (Å²) in [5.74, 6) is 5.57. The number of carbonyl (C=O) groups excluding carboxylic acids is 1. The van der Waals surface area contributed by atoms with Crippen LogP contribution in [0.1, 0.15) is 27.2 Å². The number of nitrogens with one attached hydrogen (secondary N) is 2. The second-order valence-electron chi connectivity index (χ2n) is 4.16. The van der Waals surface area contributed by atoms with E-state index in [-0.39, 0.29) is 18.1 Å². The summed E-state index contributed by atoms with van der Waals surface area (Å²) >= 11 is 1.51. The maximum atomic E-state index is 11.9. The highest BCUT2D eigenvalue weighted by Crippen LogP contribution is 2.15. The Morgan fingerprint density at radius 2 is 2.24 bits per heavy atom. The van der Waals surface area contributed by atoms with Crippen molar-refractivity contribution >= 4 is 17.2 Å². The van der Waals surface area contributed by atoms with Crippen LogP contribution in [-0.4, -0.2) is 22.6 Å². The van der Waals surface area contributed by atoms with Gasteiger partial charge in [0, 0.05) is 29.1 Å². The van der Waals surface area contributed by atoms with Crippen LogP contribution in [0, 0.1) is 11.8 Å². The average molecular weight is 302 g/mol. The highest BCUT2D eigenvalue weighted by atomic mass is 32.1. The number of pyridine rings is 1. The van der Waals surface area contributed by atoms with Crippen LogP contribution < -0.4 is 10.9 Å². The summed E-state index contributed by atoms with van der Waals surface area (Å²) in [4.78, 5) is 26.3. The fourth-order valence-electron chi connectivity index (χ4n) is 1.62. The summed E-state index contributed by atoms with van der Waals surface area (Å²) < 4.78 is 0. The van der Waals surface area contributed by atoms with E-state index in [4.69, 9.17) is 5.11 Å². The van der Waals surface area contributed by atoms with Crippen molar-refractivity contribution in [1.29, 1.82) is 0 Å². The number of aliphatic hydroxyl groups is 1. The lowest BCUT2D eigenvalue weighted by atomic mass is 10.2. The van der Waals surface area contributed by atoms with Crippen LogP contribution >= 0.6 is 11.3 Å². The minimum atomic E-state index is -0.256. The molecule has 0 bridgehead atoms. The van der Waals surface area contributed by atoms with Gasteiger partial charge in [0.25, 0.3) is 5.91 Å². The third-order valence-corrected chi connectivity index (χ3v) is 3.58. The van der Waals surface area contributed by atoms with E-state index in [0.29, 0.717) is 18.5 Å². The molecule has 0 aliphatic carbocycles. The van der Waals surface area contributed by atoms with Gasteiger partial charge in [0.2, 0.25) is 5.56 Å². The summed E-state index contributed by atoms with van der Waals surface area (Å²) in [5, 5.41) is 13.4. The smallest absolute Gasteiger partial charge is 0.253 e.